The van der Waals surface area contributed by atoms with E-state index in [1.54, 1.807) is 0 Å². The summed E-state index contributed by atoms with van der Waals surface area (Å²) >= 11 is 1.96. The predicted molar refractivity (Wildman–Crippen MR) is 70.2 cm³/mol. The number of aromatic nitrogens is 2. The van der Waals surface area contributed by atoms with Gasteiger partial charge in [0.25, 0.3) is 0 Å². The van der Waals surface area contributed by atoms with Crippen LogP contribution in [0.15, 0.2) is 4.42 Å². The van der Waals surface area contributed by atoms with Crippen molar-refractivity contribution >= 4 is 17.8 Å². The molecule has 2 rings (SSSR count). The van der Waals surface area contributed by atoms with Crippen LogP contribution in [0.1, 0.15) is 26.2 Å². The molecule has 2 N–H and O–H groups in total. The number of thioether (sulfide) groups is 1. The molecule has 1 aromatic rings. The normalized spacial score (nSPS) is 20.1. The van der Waals surface area contributed by atoms with Crippen LogP contribution in [0.2, 0.25) is 0 Å². The van der Waals surface area contributed by atoms with Gasteiger partial charge < -0.3 is 15.1 Å². The number of nitrogens with zero attached hydrogens (tertiary/aromatic N) is 2. The van der Waals surface area contributed by atoms with Gasteiger partial charge in [-0.15, -0.1) is 5.10 Å². The second-order valence-electron chi connectivity index (χ2n) is 4.73. The average Bonchev–Trinajstić information content (AvgIpc) is 2.90. The van der Waals surface area contributed by atoms with Crippen LogP contribution in [-0.2, 0) is 6.54 Å². The molecule has 5 nitrogen and oxygen atoms in total. The third-order valence-corrected chi connectivity index (χ3v) is 3.72. The lowest BCUT2D eigenvalue weighted by atomic mass is 10.2. The van der Waals surface area contributed by atoms with Gasteiger partial charge in [0.1, 0.15) is 0 Å². The van der Waals surface area contributed by atoms with E-state index in [1.165, 1.54) is 12.2 Å². The van der Waals surface area contributed by atoms with E-state index in [2.05, 4.69) is 34.7 Å². The van der Waals surface area contributed by atoms with Gasteiger partial charge in [-0.2, -0.15) is 11.8 Å². The number of hydrogen-bond donors (Lipinski definition) is 2. The fourth-order valence-corrected chi connectivity index (χ4v) is 2.83. The maximum atomic E-state index is 5.52. The maximum absolute atomic E-state index is 5.52. The quantitative estimate of drug-likeness (QED) is 0.808. The minimum atomic E-state index is 0.483. The first-order chi connectivity index (χ1) is 8.24. The first kappa shape index (κ1) is 12.7. The molecule has 0 bridgehead atoms. The third kappa shape index (κ3) is 4.20. The molecule has 1 aliphatic rings. The maximum Gasteiger partial charge on any atom is 0.315 e. The van der Waals surface area contributed by atoms with E-state index in [0.717, 1.165) is 12.3 Å². The Morgan fingerprint density at radius 1 is 1.47 bits per heavy atom. The Balaban J connectivity index is 1.75. The first-order valence-electron chi connectivity index (χ1n) is 6.11. The zero-order chi connectivity index (χ0) is 12.1. The molecule has 0 aromatic carbocycles. The third-order valence-electron chi connectivity index (χ3n) is 2.55. The molecule has 96 valence electrons. The van der Waals surface area contributed by atoms with Crippen LogP contribution in [0.5, 0.6) is 0 Å². The summed E-state index contributed by atoms with van der Waals surface area (Å²) in [6, 6.07) is 1.04. The second kappa shape index (κ2) is 6.26. The zero-order valence-electron chi connectivity index (χ0n) is 10.4. The van der Waals surface area contributed by atoms with E-state index >= 15 is 0 Å². The van der Waals surface area contributed by atoms with Crippen LogP contribution >= 0.6 is 11.8 Å². The molecule has 1 fully saturated rings. The van der Waals surface area contributed by atoms with Crippen molar-refractivity contribution in [1.29, 1.82) is 0 Å². The van der Waals surface area contributed by atoms with Gasteiger partial charge in [0, 0.05) is 11.8 Å². The van der Waals surface area contributed by atoms with E-state index < -0.39 is 0 Å². The van der Waals surface area contributed by atoms with Crippen molar-refractivity contribution in [1.82, 2.24) is 15.5 Å². The Bertz CT molecular complexity index is 336. The highest BCUT2D eigenvalue weighted by Crippen LogP contribution is 2.20. The molecule has 1 aliphatic heterocycles. The molecule has 1 unspecified atom stereocenters. The summed E-state index contributed by atoms with van der Waals surface area (Å²) in [6.07, 6.45) is 1.17. The molecule has 0 radical (unpaired) electrons. The lowest BCUT2D eigenvalue weighted by Crippen LogP contribution is -2.19. The van der Waals surface area contributed by atoms with E-state index in [4.69, 9.17) is 4.42 Å². The molecular formula is C11H20N4OS. The van der Waals surface area contributed by atoms with Crippen LogP contribution in [-0.4, -0.2) is 34.3 Å². The lowest BCUT2D eigenvalue weighted by molar-refractivity contribution is 0.456. The summed E-state index contributed by atoms with van der Waals surface area (Å²) in [5.74, 6) is 3.63. The minimum absolute atomic E-state index is 0.483. The Kier molecular flexibility index (Phi) is 4.67. The van der Waals surface area contributed by atoms with Gasteiger partial charge in [0.2, 0.25) is 5.89 Å². The van der Waals surface area contributed by atoms with Gasteiger partial charge in [-0.1, -0.05) is 18.9 Å². The summed E-state index contributed by atoms with van der Waals surface area (Å²) in [4.78, 5) is 0. The van der Waals surface area contributed by atoms with Crippen LogP contribution in [0.25, 0.3) is 0 Å². The molecule has 1 aromatic heterocycles. The van der Waals surface area contributed by atoms with Crippen LogP contribution < -0.4 is 10.6 Å². The van der Waals surface area contributed by atoms with Gasteiger partial charge in [-0.3, -0.25) is 0 Å². The SMILES string of the molecule is CC(C)CNCc1nnc(NC2CCSC2)o1. The molecule has 6 heteroatoms. The smallest absolute Gasteiger partial charge is 0.315 e. The molecular weight excluding hydrogens is 236 g/mol. The molecule has 0 saturated carbocycles. The van der Waals surface area contributed by atoms with E-state index in [0.29, 0.717) is 30.4 Å². The minimum Gasteiger partial charge on any atom is -0.407 e. The fourth-order valence-electron chi connectivity index (χ4n) is 1.67. The highest BCUT2D eigenvalue weighted by molar-refractivity contribution is 7.99. The topological polar surface area (TPSA) is 63.0 Å². The second-order valence-corrected chi connectivity index (χ2v) is 5.88. The Morgan fingerprint density at radius 3 is 3.06 bits per heavy atom. The van der Waals surface area contributed by atoms with Crippen molar-refractivity contribution in [3.63, 3.8) is 0 Å². The summed E-state index contributed by atoms with van der Waals surface area (Å²) in [5, 5.41) is 14.6. The molecule has 0 aliphatic carbocycles. The molecule has 2 heterocycles. The van der Waals surface area contributed by atoms with Gasteiger partial charge in [-0.25, -0.2) is 0 Å². The van der Waals surface area contributed by atoms with Crippen LogP contribution in [0.3, 0.4) is 0 Å². The number of rotatable bonds is 6. The van der Waals surface area contributed by atoms with Crippen molar-refractivity contribution in [2.24, 2.45) is 5.92 Å². The summed E-state index contributed by atoms with van der Waals surface area (Å²) in [7, 11) is 0. The van der Waals surface area contributed by atoms with E-state index in [9.17, 15) is 0 Å². The Morgan fingerprint density at radius 2 is 2.35 bits per heavy atom. The molecule has 0 amide bonds. The van der Waals surface area contributed by atoms with Crippen molar-refractivity contribution in [2.45, 2.75) is 32.9 Å². The number of nitrogens with one attached hydrogen (secondary N) is 2. The van der Waals surface area contributed by atoms with Gasteiger partial charge >= 0.3 is 6.01 Å². The average molecular weight is 256 g/mol. The van der Waals surface area contributed by atoms with E-state index in [1.807, 2.05) is 11.8 Å². The first-order valence-corrected chi connectivity index (χ1v) is 7.27. The largest absolute Gasteiger partial charge is 0.407 e. The standard InChI is InChI=1S/C11H20N4OS/c1-8(2)5-12-6-10-14-15-11(16-10)13-9-3-4-17-7-9/h8-9,12H,3-7H2,1-2H3,(H,13,15). The van der Waals surface area contributed by atoms with Crippen molar-refractivity contribution in [3.8, 4) is 0 Å². The number of anilines is 1. The highest BCUT2D eigenvalue weighted by Gasteiger charge is 2.17. The monoisotopic (exact) mass is 256 g/mol. The number of hydrogen-bond acceptors (Lipinski definition) is 6. The fraction of sp³-hybridized carbons (Fsp3) is 0.818. The molecule has 17 heavy (non-hydrogen) atoms. The van der Waals surface area contributed by atoms with Gasteiger partial charge in [0.05, 0.1) is 6.54 Å². The molecule has 1 saturated heterocycles. The summed E-state index contributed by atoms with van der Waals surface area (Å²) < 4.78 is 5.52. The predicted octanol–water partition coefficient (Wildman–Crippen LogP) is 1.73. The van der Waals surface area contributed by atoms with Gasteiger partial charge in [0.15, 0.2) is 0 Å². The van der Waals surface area contributed by atoms with Crippen LogP contribution in [0.4, 0.5) is 6.01 Å². The summed E-state index contributed by atoms with van der Waals surface area (Å²) in [6.45, 7) is 5.95. The Labute approximate surface area is 106 Å². The zero-order valence-corrected chi connectivity index (χ0v) is 11.2. The summed E-state index contributed by atoms with van der Waals surface area (Å²) in [5.41, 5.74) is 0. The van der Waals surface area contributed by atoms with Crippen molar-refractivity contribution in [3.05, 3.63) is 5.89 Å². The van der Waals surface area contributed by atoms with Gasteiger partial charge in [-0.05, 0) is 24.6 Å². The van der Waals surface area contributed by atoms with Crippen LogP contribution in [0, 0.1) is 5.92 Å². The van der Waals surface area contributed by atoms with E-state index in [-0.39, 0.29) is 0 Å². The lowest BCUT2D eigenvalue weighted by Gasteiger charge is -2.07. The molecule has 0 spiro atoms. The Hall–Kier alpha value is -0.750. The highest BCUT2D eigenvalue weighted by atomic mass is 32.2. The van der Waals surface area contributed by atoms with Crippen molar-refractivity contribution in [2.75, 3.05) is 23.4 Å². The van der Waals surface area contributed by atoms with Crippen molar-refractivity contribution < 1.29 is 4.42 Å². The molecule has 1 atom stereocenters.